The van der Waals surface area contributed by atoms with Gasteiger partial charge in [0.2, 0.25) is 0 Å². The van der Waals surface area contributed by atoms with Crippen molar-refractivity contribution in [2.45, 2.75) is 56.2 Å². The van der Waals surface area contributed by atoms with Gasteiger partial charge in [-0.15, -0.1) is 6.58 Å². The molecule has 2 aliphatic carbocycles. The Morgan fingerprint density at radius 1 is 1.46 bits per heavy atom. The van der Waals surface area contributed by atoms with E-state index in [9.17, 15) is 5.11 Å². The third-order valence-electron chi connectivity index (χ3n) is 7.55. The standard InChI is InChI=1S/C20H26N2O2/c1-3-9-22-10-8-20-16-12-4-5-14(23)17(16)24-18(20)13(21)6-7-19(20,2)15(22)11-12/h3-5,13,15,18,23H,1,6-11,21H2,2H3/t13-,15?,18+,19+,20+/m1/s1. The monoisotopic (exact) mass is 326 g/mol. The molecule has 128 valence electrons. The summed E-state index contributed by atoms with van der Waals surface area (Å²) in [6.45, 7) is 8.39. The smallest absolute Gasteiger partial charge is 0.165 e. The first-order valence-electron chi connectivity index (χ1n) is 9.15. The Bertz CT molecular complexity index is 733. The maximum atomic E-state index is 10.4. The number of phenols is 1. The highest BCUT2D eigenvalue weighted by atomic mass is 16.5. The molecule has 0 radical (unpaired) electrons. The molecule has 4 aliphatic rings. The lowest BCUT2D eigenvalue weighted by Gasteiger charge is -2.65. The first kappa shape index (κ1) is 14.8. The van der Waals surface area contributed by atoms with Crippen molar-refractivity contribution in [2.75, 3.05) is 13.1 Å². The van der Waals surface area contributed by atoms with E-state index in [1.54, 1.807) is 6.07 Å². The Kier molecular flexibility index (Phi) is 2.81. The molecule has 2 bridgehead atoms. The second-order valence-corrected chi connectivity index (χ2v) is 8.33. The molecule has 1 unspecified atom stereocenters. The molecule has 0 amide bonds. The molecule has 4 heteroatoms. The van der Waals surface area contributed by atoms with Crippen molar-refractivity contribution >= 4 is 0 Å². The predicted molar refractivity (Wildman–Crippen MR) is 93.4 cm³/mol. The Morgan fingerprint density at radius 3 is 3.08 bits per heavy atom. The third kappa shape index (κ3) is 1.44. The van der Waals surface area contributed by atoms with Gasteiger partial charge < -0.3 is 15.6 Å². The van der Waals surface area contributed by atoms with Crippen molar-refractivity contribution in [1.29, 1.82) is 0 Å². The first-order chi connectivity index (χ1) is 11.5. The van der Waals surface area contributed by atoms with Crippen LogP contribution in [0, 0.1) is 5.41 Å². The lowest BCUT2D eigenvalue weighted by molar-refractivity contribution is -0.117. The van der Waals surface area contributed by atoms with Crippen molar-refractivity contribution < 1.29 is 9.84 Å². The van der Waals surface area contributed by atoms with E-state index in [0.717, 1.165) is 44.5 Å². The first-order valence-corrected chi connectivity index (χ1v) is 9.15. The van der Waals surface area contributed by atoms with Gasteiger partial charge in [-0.3, -0.25) is 4.90 Å². The number of rotatable bonds is 2. The normalized spacial score (nSPS) is 42.3. The molecule has 2 heterocycles. The van der Waals surface area contributed by atoms with E-state index < -0.39 is 0 Å². The second-order valence-electron chi connectivity index (χ2n) is 8.33. The number of phenolic OH excluding ortho intramolecular Hbond substituents is 1. The molecule has 4 nitrogen and oxygen atoms in total. The van der Waals surface area contributed by atoms with Gasteiger partial charge in [0.05, 0.1) is 0 Å². The van der Waals surface area contributed by atoms with Crippen LogP contribution in [0.15, 0.2) is 24.8 Å². The molecule has 1 aromatic rings. The fourth-order valence-corrected chi connectivity index (χ4v) is 6.51. The molecule has 2 aliphatic heterocycles. The Hall–Kier alpha value is -1.52. The van der Waals surface area contributed by atoms with E-state index in [4.69, 9.17) is 10.5 Å². The largest absolute Gasteiger partial charge is 0.504 e. The molecule has 5 rings (SSSR count). The SMILES string of the molecule is C=CCN1CC[C@]23c4c5ccc(O)c4O[C@H]2[C@H](N)CC[C@@]3(C)C1C5. The molecule has 1 saturated heterocycles. The topological polar surface area (TPSA) is 58.7 Å². The molecule has 3 N–H and O–H groups in total. The fraction of sp³-hybridized carbons (Fsp3) is 0.600. The minimum Gasteiger partial charge on any atom is -0.504 e. The molecule has 0 aromatic heterocycles. The third-order valence-corrected chi connectivity index (χ3v) is 7.55. The quantitative estimate of drug-likeness (QED) is 0.819. The van der Waals surface area contributed by atoms with Gasteiger partial charge in [0, 0.05) is 29.6 Å². The van der Waals surface area contributed by atoms with Gasteiger partial charge in [0.15, 0.2) is 11.5 Å². The summed E-state index contributed by atoms with van der Waals surface area (Å²) >= 11 is 0. The van der Waals surface area contributed by atoms with Crippen LogP contribution in [-0.4, -0.2) is 41.3 Å². The molecule has 24 heavy (non-hydrogen) atoms. The molecular weight excluding hydrogens is 300 g/mol. The summed E-state index contributed by atoms with van der Waals surface area (Å²) in [5, 5.41) is 10.4. The average Bonchev–Trinajstić information content (AvgIpc) is 2.91. The highest BCUT2D eigenvalue weighted by Crippen LogP contribution is 2.68. The van der Waals surface area contributed by atoms with E-state index in [2.05, 4.69) is 24.5 Å². The zero-order valence-corrected chi connectivity index (χ0v) is 14.3. The average molecular weight is 326 g/mol. The summed E-state index contributed by atoms with van der Waals surface area (Å²) in [5.74, 6) is 0.996. The van der Waals surface area contributed by atoms with Crippen LogP contribution in [-0.2, 0) is 11.8 Å². The number of hydrogen-bond donors (Lipinski definition) is 2. The van der Waals surface area contributed by atoms with Crippen LogP contribution in [0.25, 0.3) is 0 Å². The summed E-state index contributed by atoms with van der Waals surface area (Å²) in [5.41, 5.74) is 9.25. The lowest BCUT2D eigenvalue weighted by Crippen LogP contribution is -2.73. The van der Waals surface area contributed by atoms with E-state index in [1.807, 2.05) is 6.08 Å². The summed E-state index contributed by atoms with van der Waals surface area (Å²) in [4.78, 5) is 2.60. The number of benzene rings is 1. The van der Waals surface area contributed by atoms with Gasteiger partial charge in [-0.1, -0.05) is 19.1 Å². The van der Waals surface area contributed by atoms with Crippen LogP contribution < -0.4 is 10.5 Å². The Morgan fingerprint density at radius 2 is 2.29 bits per heavy atom. The van der Waals surface area contributed by atoms with E-state index in [-0.39, 0.29) is 28.7 Å². The molecule has 1 aromatic carbocycles. The maximum Gasteiger partial charge on any atom is 0.165 e. The van der Waals surface area contributed by atoms with Gasteiger partial charge in [0.25, 0.3) is 0 Å². The van der Waals surface area contributed by atoms with Crippen molar-refractivity contribution in [2.24, 2.45) is 11.1 Å². The minimum absolute atomic E-state index is 0.00742. The van der Waals surface area contributed by atoms with Crippen LogP contribution >= 0.6 is 0 Å². The second kappa shape index (κ2) is 4.55. The highest BCUT2D eigenvalue weighted by molar-refractivity contribution is 5.61. The number of nitrogens with two attached hydrogens (primary N) is 1. The van der Waals surface area contributed by atoms with Crippen molar-refractivity contribution in [3.8, 4) is 11.5 Å². The number of hydrogen-bond acceptors (Lipinski definition) is 4. The van der Waals surface area contributed by atoms with E-state index in [1.165, 1.54) is 11.1 Å². The summed E-state index contributed by atoms with van der Waals surface area (Å²) in [7, 11) is 0. The van der Waals surface area contributed by atoms with Crippen LogP contribution in [0.2, 0.25) is 0 Å². The van der Waals surface area contributed by atoms with Gasteiger partial charge in [-0.2, -0.15) is 0 Å². The van der Waals surface area contributed by atoms with Crippen LogP contribution in [0.4, 0.5) is 0 Å². The van der Waals surface area contributed by atoms with Gasteiger partial charge in [-0.25, -0.2) is 0 Å². The Balaban J connectivity index is 1.78. The molecular formula is C20H26N2O2. The summed E-state index contributed by atoms with van der Waals surface area (Å²) in [6, 6.07) is 4.43. The highest BCUT2D eigenvalue weighted by Gasteiger charge is 2.70. The number of nitrogens with zero attached hydrogens (tertiary/aromatic N) is 1. The van der Waals surface area contributed by atoms with Crippen LogP contribution in [0.3, 0.4) is 0 Å². The fourth-order valence-electron chi connectivity index (χ4n) is 6.51. The van der Waals surface area contributed by atoms with Crippen LogP contribution in [0.5, 0.6) is 11.5 Å². The molecule has 1 saturated carbocycles. The predicted octanol–water partition coefficient (Wildman–Crippen LogP) is 2.33. The zero-order valence-electron chi connectivity index (χ0n) is 14.3. The van der Waals surface area contributed by atoms with Gasteiger partial charge >= 0.3 is 0 Å². The summed E-state index contributed by atoms with van der Waals surface area (Å²) in [6.07, 6.45) is 6.21. The minimum atomic E-state index is -0.0470. The number of ether oxygens (including phenoxy) is 1. The van der Waals surface area contributed by atoms with Crippen LogP contribution in [0.1, 0.15) is 37.3 Å². The summed E-state index contributed by atoms with van der Waals surface area (Å²) < 4.78 is 6.37. The maximum absolute atomic E-state index is 10.4. The van der Waals surface area contributed by atoms with Gasteiger partial charge in [-0.05, 0) is 49.3 Å². The number of aromatic hydroxyl groups is 1. The van der Waals surface area contributed by atoms with Crippen molar-refractivity contribution in [1.82, 2.24) is 4.90 Å². The van der Waals surface area contributed by atoms with Crippen molar-refractivity contribution in [3.05, 3.63) is 35.9 Å². The Labute approximate surface area is 143 Å². The lowest BCUT2D eigenvalue weighted by atomic mass is 9.43. The van der Waals surface area contributed by atoms with E-state index >= 15 is 0 Å². The van der Waals surface area contributed by atoms with E-state index in [0.29, 0.717) is 6.04 Å². The zero-order chi connectivity index (χ0) is 16.7. The number of piperidine rings is 1. The van der Waals surface area contributed by atoms with Crippen molar-refractivity contribution in [3.63, 3.8) is 0 Å². The molecule has 1 spiro atoms. The molecule has 2 fully saturated rings. The number of likely N-dealkylation sites (tertiary alicyclic amines) is 1. The van der Waals surface area contributed by atoms with Gasteiger partial charge in [0.1, 0.15) is 6.10 Å². The molecule has 5 atom stereocenters.